The lowest BCUT2D eigenvalue weighted by Gasteiger charge is -2.33. The van der Waals surface area contributed by atoms with E-state index in [1.807, 2.05) is 83.8 Å². The zero-order chi connectivity index (χ0) is 20.8. The van der Waals surface area contributed by atoms with Crippen LogP contribution in [0.4, 0.5) is 0 Å². The topological polar surface area (TPSA) is 49.4 Å². The van der Waals surface area contributed by atoms with E-state index < -0.39 is 0 Å². The molecule has 0 unspecified atom stereocenters. The van der Waals surface area contributed by atoms with Crippen LogP contribution in [-0.4, -0.2) is 29.8 Å². The van der Waals surface area contributed by atoms with Gasteiger partial charge in [-0.15, -0.1) is 0 Å². The van der Waals surface area contributed by atoms with Gasteiger partial charge < -0.3 is 10.2 Å². The molecule has 30 heavy (non-hydrogen) atoms. The van der Waals surface area contributed by atoms with Gasteiger partial charge in [-0.2, -0.15) is 0 Å². The Kier molecular flexibility index (Phi) is 6.23. The van der Waals surface area contributed by atoms with Gasteiger partial charge in [0.25, 0.3) is 11.8 Å². The van der Waals surface area contributed by atoms with Crippen LogP contribution in [0, 0.1) is 0 Å². The summed E-state index contributed by atoms with van der Waals surface area (Å²) in [7, 11) is 0. The van der Waals surface area contributed by atoms with Crippen LogP contribution in [0.3, 0.4) is 0 Å². The van der Waals surface area contributed by atoms with Crippen LogP contribution < -0.4 is 5.32 Å². The molecular weight excluding hydrogens is 372 g/mol. The van der Waals surface area contributed by atoms with Crippen molar-refractivity contribution in [2.75, 3.05) is 13.1 Å². The largest absolute Gasteiger partial charge is 0.348 e. The molecule has 1 saturated heterocycles. The minimum atomic E-state index is -0.0752. The highest BCUT2D eigenvalue weighted by molar-refractivity contribution is 5.95. The Morgan fingerprint density at radius 3 is 2.33 bits per heavy atom. The van der Waals surface area contributed by atoms with Crippen LogP contribution in [0.2, 0.25) is 0 Å². The van der Waals surface area contributed by atoms with Crippen molar-refractivity contribution in [3.8, 4) is 0 Å². The maximum absolute atomic E-state index is 12.8. The Labute approximate surface area is 177 Å². The van der Waals surface area contributed by atoms with Crippen molar-refractivity contribution >= 4 is 11.8 Å². The predicted octanol–water partition coefficient (Wildman–Crippen LogP) is 4.64. The number of carbonyl (C=O) groups excluding carboxylic acids is 2. The Balaban J connectivity index is 1.42. The van der Waals surface area contributed by atoms with E-state index in [0.717, 1.165) is 36.1 Å². The first-order valence-corrected chi connectivity index (χ1v) is 10.5. The fraction of sp³-hybridized carbons (Fsp3) is 0.231. The van der Waals surface area contributed by atoms with Crippen molar-refractivity contribution in [2.24, 2.45) is 0 Å². The molecule has 1 N–H and O–H groups in total. The summed E-state index contributed by atoms with van der Waals surface area (Å²) in [5.41, 5.74) is 3.58. The molecule has 1 atom stereocenters. The minimum Gasteiger partial charge on any atom is -0.348 e. The number of nitrogens with one attached hydrogen (secondary N) is 1. The van der Waals surface area contributed by atoms with Crippen LogP contribution >= 0.6 is 0 Å². The number of hydrogen-bond donors (Lipinski definition) is 1. The molecule has 3 aromatic rings. The summed E-state index contributed by atoms with van der Waals surface area (Å²) in [4.78, 5) is 27.4. The van der Waals surface area contributed by atoms with Crippen molar-refractivity contribution in [3.05, 3.63) is 107 Å². The highest BCUT2D eigenvalue weighted by Crippen LogP contribution is 2.28. The third kappa shape index (κ3) is 4.77. The van der Waals surface area contributed by atoms with Gasteiger partial charge in [-0.25, -0.2) is 0 Å². The first kappa shape index (κ1) is 19.9. The molecule has 152 valence electrons. The average Bonchev–Trinajstić information content (AvgIpc) is 2.83. The first-order chi connectivity index (χ1) is 14.7. The molecule has 0 aliphatic carbocycles. The number of amides is 2. The summed E-state index contributed by atoms with van der Waals surface area (Å²) in [5.74, 6) is 0.249. The van der Waals surface area contributed by atoms with Crippen molar-refractivity contribution in [1.82, 2.24) is 10.2 Å². The second kappa shape index (κ2) is 9.40. The smallest absolute Gasteiger partial charge is 0.253 e. The van der Waals surface area contributed by atoms with Crippen LogP contribution in [0.15, 0.2) is 84.9 Å². The standard InChI is InChI=1S/C26H26N2O2/c29-25(27-18-20-9-3-1-4-10-20)23-14-7-13-22(17-23)24-15-8-16-28(19-24)26(30)21-11-5-2-6-12-21/h1-7,9-14,17,24H,8,15-16,18-19H2,(H,27,29)/t24-/m0/s1. The van der Waals surface area contributed by atoms with Crippen LogP contribution in [-0.2, 0) is 6.54 Å². The quantitative estimate of drug-likeness (QED) is 0.681. The van der Waals surface area contributed by atoms with E-state index in [1.165, 1.54) is 0 Å². The fourth-order valence-corrected chi connectivity index (χ4v) is 4.01. The number of likely N-dealkylation sites (tertiary alicyclic amines) is 1. The van der Waals surface area contributed by atoms with Gasteiger partial charge in [0.2, 0.25) is 0 Å². The Morgan fingerprint density at radius 2 is 1.57 bits per heavy atom. The molecule has 0 spiro atoms. The molecule has 1 fully saturated rings. The lowest BCUT2D eigenvalue weighted by Crippen LogP contribution is -2.39. The average molecular weight is 399 g/mol. The van der Waals surface area contributed by atoms with Crippen LogP contribution in [0.5, 0.6) is 0 Å². The monoisotopic (exact) mass is 398 g/mol. The third-order valence-electron chi connectivity index (χ3n) is 5.65. The van der Waals surface area contributed by atoms with Crippen molar-refractivity contribution < 1.29 is 9.59 Å². The van der Waals surface area contributed by atoms with Gasteiger partial charge in [-0.3, -0.25) is 9.59 Å². The summed E-state index contributed by atoms with van der Waals surface area (Å²) in [5, 5.41) is 2.99. The Morgan fingerprint density at radius 1 is 0.867 bits per heavy atom. The lowest BCUT2D eigenvalue weighted by molar-refractivity contribution is 0.0706. The summed E-state index contributed by atoms with van der Waals surface area (Å²) < 4.78 is 0. The summed E-state index contributed by atoms with van der Waals surface area (Å²) >= 11 is 0. The van der Waals surface area contributed by atoms with E-state index in [4.69, 9.17) is 0 Å². The number of carbonyl (C=O) groups is 2. The number of benzene rings is 3. The third-order valence-corrected chi connectivity index (χ3v) is 5.65. The predicted molar refractivity (Wildman–Crippen MR) is 118 cm³/mol. The zero-order valence-corrected chi connectivity index (χ0v) is 17.0. The Hall–Kier alpha value is -3.40. The van der Waals surface area contributed by atoms with Crippen LogP contribution in [0.25, 0.3) is 0 Å². The SMILES string of the molecule is O=C(NCc1ccccc1)c1cccc([C@H]2CCCN(C(=O)c3ccccc3)C2)c1. The van der Waals surface area contributed by atoms with Crippen molar-refractivity contribution in [1.29, 1.82) is 0 Å². The summed E-state index contributed by atoms with van der Waals surface area (Å²) in [6, 6.07) is 27.1. The number of piperidine rings is 1. The van der Waals surface area contributed by atoms with E-state index in [-0.39, 0.29) is 17.7 Å². The zero-order valence-electron chi connectivity index (χ0n) is 17.0. The minimum absolute atomic E-state index is 0.0752. The molecule has 0 bridgehead atoms. The molecule has 4 nitrogen and oxygen atoms in total. The molecular formula is C26H26N2O2. The molecule has 4 rings (SSSR count). The maximum atomic E-state index is 12.8. The van der Waals surface area contributed by atoms with E-state index in [1.54, 1.807) is 0 Å². The van der Waals surface area contributed by atoms with Crippen LogP contribution in [0.1, 0.15) is 50.6 Å². The van der Waals surface area contributed by atoms with E-state index in [2.05, 4.69) is 11.4 Å². The molecule has 3 aromatic carbocycles. The van der Waals surface area contributed by atoms with Gasteiger partial charge >= 0.3 is 0 Å². The molecule has 0 radical (unpaired) electrons. The second-order valence-corrected chi connectivity index (χ2v) is 7.75. The summed E-state index contributed by atoms with van der Waals surface area (Å²) in [6.45, 7) is 1.97. The number of nitrogens with zero attached hydrogens (tertiary/aromatic N) is 1. The van der Waals surface area contributed by atoms with Crippen molar-refractivity contribution in [3.63, 3.8) is 0 Å². The van der Waals surface area contributed by atoms with E-state index >= 15 is 0 Å². The van der Waals surface area contributed by atoms with Gasteiger partial charge in [-0.05, 0) is 48.2 Å². The van der Waals surface area contributed by atoms with Crippen molar-refractivity contribution in [2.45, 2.75) is 25.3 Å². The van der Waals surface area contributed by atoms with Gasteiger partial charge in [0.1, 0.15) is 0 Å². The lowest BCUT2D eigenvalue weighted by atomic mass is 9.89. The van der Waals surface area contributed by atoms with Gasteiger partial charge in [0.15, 0.2) is 0 Å². The van der Waals surface area contributed by atoms with Gasteiger partial charge in [-0.1, -0.05) is 60.7 Å². The van der Waals surface area contributed by atoms with Gasteiger partial charge in [0, 0.05) is 36.7 Å². The highest BCUT2D eigenvalue weighted by Gasteiger charge is 2.25. The number of rotatable bonds is 5. The maximum Gasteiger partial charge on any atom is 0.253 e. The molecule has 2 amide bonds. The molecule has 0 aromatic heterocycles. The molecule has 4 heteroatoms. The molecule has 1 heterocycles. The normalized spacial score (nSPS) is 16.1. The second-order valence-electron chi connectivity index (χ2n) is 7.75. The first-order valence-electron chi connectivity index (χ1n) is 10.5. The molecule has 1 aliphatic heterocycles. The van der Waals surface area contributed by atoms with Gasteiger partial charge in [0.05, 0.1) is 0 Å². The van der Waals surface area contributed by atoms with E-state index in [0.29, 0.717) is 18.7 Å². The Bertz CT molecular complexity index is 1000. The summed E-state index contributed by atoms with van der Waals surface area (Å²) in [6.07, 6.45) is 1.99. The van der Waals surface area contributed by atoms with E-state index in [9.17, 15) is 9.59 Å². The molecule has 0 saturated carbocycles. The fourth-order valence-electron chi connectivity index (χ4n) is 4.01. The molecule has 1 aliphatic rings. The number of hydrogen-bond acceptors (Lipinski definition) is 2. The highest BCUT2D eigenvalue weighted by atomic mass is 16.2.